The zero-order chi connectivity index (χ0) is 12.0. The van der Waals surface area contributed by atoms with Crippen LogP contribution in [-0.2, 0) is 0 Å². The molecule has 2 heteroatoms. The van der Waals surface area contributed by atoms with Crippen LogP contribution in [0.5, 0.6) is 0 Å². The molecule has 1 aromatic heterocycles. The lowest BCUT2D eigenvalue weighted by molar-refractivity contribution is 0.190. The van der Waals surface area contributed by atoms with Crippen molar-refractivity contribution in [2.45, 2.75) is 13.8 Å². The zero-order valence-corrected chi connectivity index (χ0v) is 10.3. The fourth-order valence-electron chi connectivity index (χ4n) is 2.40. The van der Waals surface area contributed by atoms with Crippen LogP contribution in [0.15, 0.2) is 36.4 Å². The number of fused-ring (bicyclic) bond motifs is 3. The Morgan fingerprint density at radius 1 is 0.824 bits per heavy atom. The number of aryl methyl sites for hydroxylation is 2. The van der Waals surface area contributed by atoms with Crippen LogP contribution in [0.4, 0.5) is 0 Å². The van der Waals surface area contributed by atoms with Crippen LogP contribution in [0.25, 0.3) is 21.8 Å². The Balaban J connectivity index is 2.56. The maximum atomic E-state index is 5.51. The average Bonchev–Trinajstić information content (AvgIpc) is 2.60. The Hall–Kier alpha value is -1.96. The van der Waals surface area contributed by atoms with Crippen LogP contribution in [0.1, 0.15) is 11.1 Å². The van der Waals surface area contributed by atoms with Gasteiger partial charge in [-0.15, -0.1) is 0 Å². The van der Waals surface area contributed by atoms with Crippen molar-refractivity contribution in [2.24, 2.45) is 0 Å². The smallest absolute Gasteiger partial charge is 0.104 e. The van der Waals surface area contributed by atoms with E-state index in [0.29, 0.717) is 0 Å². The molecule has 0 N–H and O–H groups in total. The van der Waals surface area contributed by atoms with Crippen molar-refractivity contribution >= 4 is 21.8 Å². The standard InChI is InChI=1S/C15H15NO/c1-10-4-6-12-13-7-5-11(2)9-15(13)16(17-3)14(12)8-10/h4-9H,1-3H3. The Bertz CT molecular complexity index is 650. The van der Waals surface area contributed by atoms with Crippen molar-refractivity contribution in [3.63, 3.8) is 0 Å². The molecule has 0 atom stereocenters. The molecule has 0 amide bonds. The van der Waals surface area contributed by atoms with E-state index in [2.05, 4.69) is 50.2 Å². The molecule has 2 nitrogen and oxygen atoms in total. The number of rotatable bonds is 1. The van der Waals surface area contributed by atoms with Gasteiger partial charge in [0.2, 0.25) is 0 Å². The normalized spacial score (nSPS) is 11.2. The van der Waals surface area contributed by atoms with Crippen molar-refractivity contribution in [1.29, 1.82) is 0 Å². The van der Waals surface area contributed by atoms with Gasteiger partial charge in [0.05, 0.1) is 11.0 Å². The third-order valence-electron chi connectivity index (χ3n) is 3.22. The minimum atomic E-state index is 1.13. The van der Waals surface area contributed by atoms with Gasteiger partial charge >= 0.3 is 0 Å². The molecule has 0 saturated carbocycles. The fourth-order valence-corrected chi connectivity index (χ4v) is 2.40. The van der Waals surface area contributed by atoms with Gasteiger partial charge in [0.25, 0.3) is 0 Å². The van der Waals surface area contributed by atoms with Crippen LogP contribution in [-0.4, -0.2) is 11.8 Å². The molecule has 0 radical (unpaired) electrons. The van der Waals surface area contributed by atoms with Crippen LogP contribution in [0, 0.1) is 13.8 Å². The molecule has 0 aliphatic heterocycles. The Morgan fingerprint density at radius 3 is 1.71 bits per heavy atom. The van der Waals surface area contributed by atoms with Crippen LogP contribution in [0.2, 0.25) is 0 Å². The van der Waals surface area contributed by atoms with Gasteiger partial charge in [-0.25, -0.2) is 0 Å². The monoisotopic (exact) mass is 225 g/mol. The first-order valence-corrected chi connectivity index (χ1v) is 5.76. The lowest BCUT2D eigenvalue weighted by Gasteiger charge is -2.04. The van der Waals surface area contributed by atoms with Crippen molar-refractivity contribution in [3.8, 4) is 0 Å². The predicted octanol–water partition coefficient (Wildman–Crippen LogP) is 3.47. The first-order valence-electron chi connectivity index (χ1n) is 5.76. The van der Waals surface area contributed by atoms with E-state index in [0.717, 1.165) is 11.0 Å². The number of benzene rings is 2. The van der Waals surface area contributed by atoms with E-state index in [-0.39, 0.29) is 0 Å². The summed E-state index contributed by atoms with van der Waals surface area (Å²) < 4.78 is 1.91. The maximum absolute atomic E-state index is 5.51. The lowest BCUT2D eigenvalue weighted by atomic mass is 10.1. The molecule has 0 fully saturated rings. The summed E-state index contributed by atoms with van der Waals surface area (Å²) in [5.74, 6) is 0. The largest absolute Gasteiger partial charge is 0.416 e. The number of aromatic nitrogens is 1. The molecule has 0 saturated heterocycles. The number of nitrogens with zero attached hydrogens (tertiary/aromatic N) is 1. The second-order valence-corrected chi connectivity index (χ2v) is 4.52. The second kappa shape index (κ2) is 3.52. The Morgan fingerprint density at radius 2 is 1.29 bits per heavy atom. The van der Waals surface area contributed by atoms with Crippen LogP contribution in [0.3, 0.4) is 0 Å². The summed E-state index contributed by atoms with van der Waals surface area (Å²) in [6.45, 7) is 4.20. The minimum absolute atomic E-state index is 1.13. The van der Waals surface area contributed by atoms with Crippen molar-refractivity contribution < 1.29 is 4.84 Å². The summed E-state index contributed by atoms with van der Waals surface area (Å²) in [7, 11) is 1.71. The number of hydrogen-bond donors (Lipinski definition) is 0. The molecule has 0 aliphatic carbocycles. The van der Waals surface area contributed by atoms with E-state index in [4.69, 9.17) is 4.84 Å². The second-order valence-electron chi connectivity index (χ2n) is 4.52. The number of hydrogen-bond acceptors (Lipinski definition) is 1. The van der Waals surface area contributed by atoms with E-state index in [1.807, 2.05) is 4.73 Å². The molecular formula is C15H15NO. The maximum Gasteiger partial charge on any atom is 0.104 e. The highest BCUT2D eigenvalue weighted by molar-refractivity contribution is 6.08. The van der Waals surface area contributed by atoms with Gasteiger partial charge in [-0.1, -0.05) is 24.3 Å². The predicted molar refractivity (Wildman–Crippen MR) is 71.4 cm³/mol. The van der Waals surface area contributed by atoms with E-state index < -0.39 is 0 Å². The Labute approximate surface area is 100 Å². The Kier molecular flexibility index (Phi) is 2.11. The zero-order valence-electron chi connectivity index (χ0n) is 10.3. The SMILES string of the molecule is COn1c2cc(C)ccc2c2ccc(C)cc21. The van der Waals surface area contributed by atoms with E-state index >= 15 is 0 Å². The molecule has 0 aliphatic rings. The van der Waals surface area contributed by atoms with Gasteiger partial charge in [0, 0.05) is 10.8 Å². The lowest BCUT2D eigenvalue weighted by Crippen LogP contribution is -2.04. The van der Waals surface area contributed by atoms with Crippen LogP contribution < -0.4 is 4.84 Å². The molecule has 0 unspecified atom stereocenters. The molecule has 1 heterocycles. The van der Waals surface area contributed by atoms with Crippen molar-refractivity contribution in [3.05, 3.63) is 47.5 Å². The summed E-state index contributed by atoms with van der Waals surface area (Å²) in [5.41, 5.74) is 4.76. The van der Waals surface area contributed by atoms with E-state index in [9.17, 15) is 0 Å². The van der Waals surface area contributed by atoms with Gasteiger partial charge in [0.15, 0.2) is 0 Å². The molecule has 0 bridgehead atoms. The van der Waals surface area contributed by atoms with Gasteiger partial charge in [-0.05, 0) is 37.1 Å². The molecule has 17 heavy (non-hydrogen) atoms. The van der Waals surface area contributed by atoms with Gasteiger partial charge in [-0.3, -0.25) is 0 Å². The first kappa shape index (κ1) is 10.2. The molecule has 3 rings (SSSR count). The third kappa shape index (κ3) is 1.41. The summed E-state index contributed by atoms with van der Waals surface area (Å²) >= 11 is 0. The molecule has 3 aromatic rings. The highest BCUT2D eigenvalue weighted by Gasteiger charge is 2.10. The quantitative estimate of drug-likeness (QED) is 0.618. The van der Waals surface area contributed by atoms with E-state index in [1.54, 1.807) is 7.11 Å². The van der Waals surface area contributed by atoms with E-state index in [1.165, 1.54) is 21.9 Å². The summed E-state index contributed by atoms with van der Waals surface area (Å²) in [5, 5.41) is 2.49. The molecular weight excluding hydrogens is 210 g/mol. The summed E-state index contributed by atoms with van der Waals surface area (Å²) in [6.07, 6.45) is 0. The third-order valence-corrected chi connectivity index (χ3v) is 3.22. The van der Waals surface area contributed by atoms with Crippen molar-refractivity contribution in [2.75, 3.05) is 7.11 Å². The molecule has 2 aromatic carbocycles. The van der Waals surface area contributed by atoms with Crippen molar-refractivity contribution in [1.82, 2.24) is 4.73 Å². The topological polar surface area (TPSA) is 14.2 Å². The summed E-state index contributed by atoms with van der Waals surface area (Å²) in [4.78, 5) is 5.51. The minimum Gasteiger partial charge on any atom is -0.416 e. The fraction of sp³-hybridized carbons (Fsp3) is 0.200. The highest BCUT2D eigenvalue weighted by atomic mass is 16.6. The van der Waals surface area contributed by atoms with Crippen LogP contribution >= 0.6 is 0 Å². The summed E-state index contributed by atoms with van der Waals surface area (Å²) in [6, 6.07) is 12.9. The molecule has 86 valence electrons. The van der Waals surface area contributed by atoms with Gasteiger partial charge in [-0.2, -0.15) is 4.73 Å². The average molecular weight is 225 g/mol. The highest BCUT2D eigenvalue weighted by Crippen LogP contribution is 2.29. The van der Waals surface area contributed by atoms with Gasteiger partial charge in [0.1, 0.15) is 7.11 Å². The van der Waals surface area contributed by atoms with Gasteiger partial charge < -0.3 is 4.84 Å². The first-order chi connectivity index (χ1) is 8.20. The molecule has 0 spiro atoms.